The highest BCUT2D eigenvalue weighted by molar-refractivity contribution is 7.89. The number of carbonyl (C=O) groups excluding carboxylic acids is 2. The molecular formula is C19H22ClN3O4S. The molecule has 0 saturated carbocycles. The van der Waals surface area contributed by atoms with Crippen molar-refractivity contribution in [1.29, 1.82) is 0 Å². The van der Waals surface area contributed by atoms with Crippen LogP contribution in [0.2, 0.25) is 5.02 Å². The minimum atomic E-state index is -3.71. The molecule has 3 N–H and O–H groups in total. The average Bonchev–Trinajstić information content (AvgIpc) is 2.59. The highest BCUT2D eigenvalue weighted by Gasteiger charge is 2.15. The summed E-state index contributed by atoms with van der Waals surface area (Å²) in [4.78, 5) is 23.6. The Bertz CT molecular complexity index is 1010. The van der Waals surface area contributed by atoms with Crippen LogP contribution in [-0.2, 0) is 19.6 Å². The van der Waals surface area contributed by atoms with Crippen LogP contribution in [0.1, 0.15) is 24.5 Å². The summed E-state index contributed by atoms with van der Waals surface area (Å²) in [7, 11) is -3.71. The second-order valence-electron chi connectivity index (χ2n) is 6.31. The lowest BCUT2D eigenvalue weighted by Gasteiger charge is -2.12. The summed E-state index contributed by atoms with van der Waals surface area (Å²) < 4.78 is 27.1. The molecule has 0 unspecified atom stereocenters. The Kier molecular flexibility index (Phi) is 7.17. The van der Waals surface area contributed by atoms with Gasteiger partial charge in [-0.1, -0.05) is 17.7 Å². The summed E-state index contributed by atoms with van der Waals surface area (Å²) in [6, 6.07) is 9.51. The lowest BCUT2D eigenvalue weighted by atomic mass is 10.1. The summed E-state index contributed by atoms with van der Waals surface area (Å²) >= 11 is 5.94. The van der Waals surface area contributed by atoms with Gasteiger partial charge in [-0.2, -0.15) is 0 Å². The first-order valence-corrected chi connectivity index (χ1v) is 10.4. The van der Waals surface area contributed by atoms with Gasteiger partial charge < -0.3 is 10.6 Å². The van der Waals surface area contributed by atoms with Crippen LogP contribution < -0.4 is 15.4 Å². The fourth-order valence-corrected chi connectivity index (χ4v) is 3.68. The van der Waals surface area contributed by atoms with Crippen molar-refractivity contribution in [3.05, 3.63) is 52.5 Å². The van der Waals surface area contributed by atoms with E-state index in [0.29, 0.717) is 16.4 Å². The monoisotopic (exact) mass is 423 g/mol. The van der Waals surface area contributed by atoms with Crippen molar-refractivity contribution in [2.45, 2.75) is 32.1 Å². The van der Waals surface area contributed by atoms with Gasteiger partial charge in [-0.15, -0.1) is 0 Å². The van der Waals surface area contributed by atoms with Crippen LogP contribution in [-0.4, -0.2) is 26.8 Å². The molecule has 0 aliphatic rings. The molecule has 9 heteroatoms. The van der Waals surface area contributed by atoms with E-state index in [1.165, 1.54) is 19.1 Å². The van der Waals surface area contributed by atoms with E-state index in [0.717, 1.165) is 11.1 Å². The maximum atomic E-state index is 12.3. The molecule has 0 heterocycles. The van der Waals surface area contributed by atoms with Crippen molar-refractivity contribution >= 4 is 44.8 Å². The molecule has 28 heavy (non-hydrogen) atoms. The first-order valence-electron chi connectivity index (χ1n) is 8.52. The Morgan fingerprint density at radius 3 is 2.32 bits per heavy atom. The number of hydrogen-bond donors (Lipinski definition) is 3. The number of carbonyl (C=O) groups is 2. The molecule has 150 valence electrons. The lowest BCUT2D eigenvalue weighted by molar-refractivity contribution is -0.116. The minimum Gasteiger partial charge on any atom is -0.325 e. The number of hydrogen-bond acceptors (Lipinski definition) is 4. The summed E-state index contributed by atoms with van der Waals surface area (Å²) in [6.45, 7) is 5.01. The standard InChI is InChI=1S/C19H22ClN3O4S/c1-12-4-6-16(10-13(12)2)28(26,27)21-9-8-19(25)23-18-11-15(20)5-7-17(18)22-14(3)24/h4-7,10-11,21H,8-9H2,1-3H3,(H,22,24)(H,23,25). The summed E-state index contributed by atoms with van der Waals surface area (Å²) in [5.74, 6) is -0.712. The Morgan fingerprint density at radius 1 is 0.964 bits per heavy atom. The molecule has 7 nitrogen and oxygen atoms in total. The molecular weight excluding hydrogens is 402 g/mol. The third-order valence-electron chi connectivity index (χ3n) is 4.00. The Balaban J connectivity index is 1.98. The summed E-state index contributed by atoms with van der Waals surface area (Å²) in [6.07, 6.45) is -0.0872. The van der Waals surface area contributed by atoms with Crippen LogP contribution in [0.25, 0.3) is 0 Å². The van der Waals surface area contributed by atoms with Crippen molar-refractivity contribution < 1.29 is 18.0 Å². The molecule has 0 radical (unpaired) electrons. The number of benzene rings is 2. The highest BCUT2D eigenvalue weighted by Crippen LogP contribution is 2.26. The molecule has 0 bridgehead atoms. The lowest BCUT2D eigenvalue weighted by Crippen LogP contribution is -2.28. The van der Waals surface area contributed by atoms with E-state index in [1.54, 1.807) is 24.3 Å². The second kappa shape index (κ2) is 9.18. The maximum Gasteiger partial charge on any atom is 0.240 e. The Labute approximate surface area is 169 Å². The number of aryl methyl sites for hydroxylation is 2. The minimum absolute atomic E-state index is 0.0723. The number of rotatable bonds is 7. The SMILES string of the molecule is CC(=O)Nc1ccc(Cl)cc1NC(=O)CCNS(=O)(=O)c1ccc(C)c(C)c1. The fourth-order valence-electron chi connectivity index (χ4n) is 2.39. The number of nitrogens with one attached hydrogen (secondary N) is 3. The zero-order valence-corrected chi connectivity index (χ0v) is 17.4. The highest BCUT2D eigenvalue weighted by atomic mass is 35.5. The van der Waals surface area contributed by atoms with E-state index in [1.807, 2.05) is 13.8 Å². The summed E-state index contributed by atoms with van der Waals surface area (Å²) in [5, 5.41) is 5.61. The predicted molar refractivity (Wildman–Crippen MR) is 110 cm³/mol. The Morgan fingerprint density at radius 2 is 1.68 bits per heavy atom. The van der Waals surface area contributed by atoms with Crippen LogP contribution in [0.5, 0.6) is 0 Å². The molecule has 2 aromatic rings. The fraction of sp³-hybridized carbons (Fsp3) is 0.263. The van der Waals surface area contributed by atoms with Gasteiger partial charge in [0.2, 0.25) is 21.8 Å². The van der Waals surface area contributed by atoms with Gasteiger partial charge in [-0.05, 0) is 55.3 Å². The molecule has 2 amide bonds. The smallest absolute Gasteiger partial charge is 0.240 e. The van der Waals surface area contributed by atoms with Crippen molar-refractivity contribution in [2.24, 2.45) is 0 Å². The Hall–Kier alpha value is -2.42. The van der Waals surface area contributed by atoms with Crippen molar-refractivity contribution in [2.75, 3.05) is 17.2 Å². The van der Waals surface area contributed by atoms with E-state index in [-0.39, 0.29) is 23.8 Å². The second-order valence-corrected chi connectivity index (χ2v) is 8.52. The van der Waals surface area contributed by atoms with E-state index in [9.17, 15) is 18.0 Å². The molecule has 0 aliphatic carbocycles. The number of anilines is 2. The van der Waals surface area contributed by atoms with Crippen LogP contribution in [0.4, 0.5) is 11.4 Å². The first-order chi connectivity index (χ1) is 13.1. The average molecular weight is 424 g/mol. The van der Waals surface area contributed by atoms with Gasteiger partial charge in [-0.25, -0.2) is 13.1 Å². The molecule has 0 aromatic heterocycles. The van der Waals surface area contributed by atoms with Crippen LogP contribution in [0.15, 0.2) is 41.3 Å². The maximum absolute atomic E-state index is 12.3. The van der Waals surface area contributed by atoms with Crippen molar-refractivity contribution in [3.8, 4) is 0 Å². The van der Waals surface area contributed by atoms with Gasteiger partial charge >= 0.3 is 0 Å². The van der Waals surface area contributed by atoms with Crippen LogP contribution in [0, 0.1) is 13.8 Å². The van der Waals surface area contributed by atoms with Gasteiger partial charge in [0.25, 0.3) is 0 Å². The van der Waals surface area contributed by atoms with Gasteiger partial charge in [0.1, 0.15) is 0 Å². The van der Waals surface area contributed by atoms with E-state index in [2.05, 4.69) is 15.4 Å². The van der Waals surface area contributed by atoms with Gasteiger partial charge in [0.05, 0.1) is 16.3 Å². The molecule has 0 fully saturated rings. The largest absolute Gasteiger partial charge is 0.325 e. The third-order valence-corrected chi connectivity index (χ3v) is 5.69. The first kappa shape index (κ1) is 21.9. The molecule has 0 aliphatic heterocycles. The third kappa shape index (κ3) is 6.05. The van der Waals surface area contributed by atoms with Gasteiger partial charge in [-0.3, -0.25) is 9.59 Å². The quantitative estimate of drug-likeness (QED) is 0.635. The molecule has 2 aromatic carbocycles. The van der Waals surface area contributed by atoms with Crippen LogP contribution >= 0.6 is 11.6 Å². The normalized spacial score (nSPS) is 11.1. The molecule has 2 rings (SSSR count). The van der Waals surface area contributed by atoms with Crippen molar-refractivity contribution in [1.82, 2.24) is 4.72 Å². The van der Waals surface area contributed by atoms with E-state index in [4.69, 9.17) is 11.6 Å². The van der Waals surface area contributed by atoms with Gasteiger partial charge in [0, 0.05) is 24.9 Å². The van der Waals surface area contributed by atoms with E-state index >= 15 is 0 Å². The number of amides is 2. The van der Waals surface area contributed by atoms with Crippen LogP contribution in [0.3, 0.4) is 0 Å². The van der Waals surface area contributed by atoms with E-state index < -0.39 is 15.9 Å². The molecule has 0 spiro atoms. The number of halogens is 1. The molecule has 0 saturated heterocycles. The topological polar surface area (TPSA) is 104 Å². The zero-order chi connectivity index (χ0) is 20.9. The summed E-state index contributed by atoms with van der Waals surface area (Å²) in [5.41, 5.74) is 2.60. The molecule has 0 atom stereocenters. The number of sulfonamides is 1. The van der Waals surface area contributed by atoms with Crippen molar-refractivity contribution in [3.63, 3.8) is 0 Å². The predicted octanol–water partition coefficient (Wildman–Crippen LogP) is 3.22. The van der Waals surface area contributed by atoms with Gasteiger partial charge in [0.15, 0.2) is 0 Å². The zero-order valence-electron chi connectivity index (χ0n) is 15.8.